The topological polar surface area (TPSA) is 38.0 Å². The van der Waals surface area contributed by atoms with E-state index in [-0.39, 0.29) is 5.54 Å². The molecule has 0 amide bonds. The number of rotatable bonds is 4. The van der Waals surface area contributed by atoms with Gasteiger partial charge in [0.05, 0.1) is 0 Å². The van der Waals surface area contributed by atoms with E-state index < -0.39 is 0 Å². The second-order valence-electron chi connectivity index (χ2n) is 4.50. The van der Waals surface area contributed by atoms with Crippen LogP contribution in [-0.2, 0) is 0 Å². The third-order valence-electron chi connectivity index (χ3n) is 2.16. The maximum atomic E-state index is 5.90. The highest BCUT2D eigenvalue weighted by Gasteiger charge is 2.12. The summed E-state index contributed by atoms with van der Waals surface area (Å²) in [6.07, 6.45) is 0. The summed E-state index contributed by atoms with van der Waals surface area (Å²) >= 11 is 0. The summed E-state index contributed by atoms with van der Waals surface area (Å²) < 4.78 is 0. The molecule has 0 saturated heterocycles. The molecule has 0 heterocycles. The lowest BCUT2D eigenvalue weighted by Gasteiger charge is -2.22. The fraction of sp³-hybridized carbons (Fsp3) is 0.500. The van der Waals surface area contributed by atoms with Gasteiger partial charge in [-0.3, -0.25) is 0 Å². The standard InChI is InChI=1S/C12H20N2/c1-10(14-9-12(2,3)13)11-7-5-4-6-8-11/h4-8,10,14H,9,13H2,1-3H3. The fourth-order valence-corrected chi connectivity index (χ4v) is 1.28. The number of nitrogens with one attached hydrogen (secondary N) is 1. The summed E-state index contributed by atoms with van der Waals surface area (Å²) in [5, 5.41) is 3.41. The molecule has 1 unspecified atom stereocenters. The maximum absolute atomic E-state index is 5.90. The zero-order valence-electron chi connectivity index (χ0n) is 9.25. The molecule has 0 bridgehead atoms. The van der Waals surface area contributed by atoms with Crippen LogP contribution in [0.4, 0.5) is 0 Å². The predicted molar refractivity (Wildman–Crippen MR) is 61.1 cm³/mol. The average molecular weight is 192 g/mol. The van der Waals surface area contributed by atoms with Crippen molar-refractivity contribution in [2.24, 2.45) is 5.73 Å². The molecule has 0 fully saturated rings. The maximum Gasteiger partial charge on any atom is 0.0292 e. The van der Waals surface area contributed by atoms with Crippen molar-refractivity contribution < 1.29 is 0 Å². The van der Waals surface area contributed by atoms with Gasteiger partial charge in [0.25, 0.3) is 0 Å². The summed E-state index contributed by atoms with van der Waals surface area (Å²) in [5.74, 6) is 0. The normalized spacial score (nSPS) is 14.0. The molecule has 0 aliphatic rings. The molecule has 2 nitrogen and oxygen atoms in total. The molecular formula is C12H20N2. The van der Waals surface area contributed by atoms with E-state index in [4.69, 9.17) is 5.73 Å². The van der Waals surface area contributed by atoms with E-state index >= 15 is 0 Å². The molecule has 1 aromatic carbocycles. The third kappa shape index (κ3) is 3.90. The van der Waals surface area contributed by atoms with Gasteiger partial charge in [-0.15, -0.1) is 0 Å². The van der Waals surface area contributed by atoms with Gasteiger partial charge in [-0.1, -0.05) is 30.3 Å². The zero-order chi connectivity index (χ0) is 10.6. The molecule has 2 heteroatoms. The summed E-state index contributed by atoms with van der Waals surface area (Å²) in [5.41, 5.74) is 7.05. The Hall–Kier alpha value is -0.860. The second kappa shape index (κ2) is 4.58. The van der Waals surface area contributed by atoms with E-state index in [0.29, 0.717) is 6.04 Å². The molecule has 1 aromatic rings. The van der Waals surface area contributed by atoms with Crippen LogP contribution in [0, 0.1) is 0 Å². The van der Waals surface area contributed by atoms with Crippen LogP contribution in [0.15, 0.2) is 30.3 Å². The second-order valence-corrected chi connectivity index (χ2v) is 4.50. The van der Waals surface area contributed by atoms with Crippen LogP contribution in [0.25, 0.3) is 0 Å². The Morgan fingerprint density at radius 2 is 1.86 bits per heavy atom. The van der Waals surface area contributed by atoms with Crippen molar-refractivity contribution >= 4 is 0 Å². The highest BCUT2D eigenvalue weighted by atomic mass is 14.9. The van der Waals surface area contributed by atoms with Crippen LogP contribution in [0.1, 0.15) is 32.4 Å². The molecule has 0 aromatic heterocycles. The minimum absolute atomic E-state index is 0.150. The van der Waals surface area contributed by atoms with Crippen molar-refractivity contribution in [3.63, 3.8) is 0 Å². The Morgan fingerprint density at radius 1 is 1.29 bits per heavy atom. The lowest BCUT2D eigenvalue weighted by atomic mass is 10.0. The lowest BCUT2D eigenvalue weighted by molar-refractivity contribution is 0.434. The van der Waals surface area contributed by atoms with Crippen LogP contribution < -0.4 is 11.1 Å². The van der Waals surface area contributed by atoms with Gasteiger partial charge in [0.1, 0.15) is 0 Å². The van der Waals surface area contributed by atoms with Crippen LogP contribution in [0.5, 0.6) is 0 Å². The summed E-state index contributed by atoms with van der Waals surface area (Å²) in [7, 11) is 0. The van der Waals surface area contributed by atoms with Crippen LogP contribution in [-0.4, -0.2) is 12.1 Å². The van der Waals surface area contributed by atoms with Crippen molar-refractivity contribution in [2.75, 3.05) is 6.54 Å². The Bertz CT molecular complexity index is 261. The Balaban J connectivity index is 2.48. The van der Waals surface area contributed by atoms with Crippen LogP contribution in [0.3, 0.4) is 0 Å². The molecule has 0 aliphatic carbocycles. The molecule has 1 atom stereocenters. The first-order chi connectivity index (χ1) is 6.49. The summed E-state index contributed by atoms with van der Waals surface area (Å²) in [6, 6.07) is 10.8. The molecule has 0 spiro atoms. The van der Waals surface area contributed by atoms with E-state index in [1.54, 1.807) is 0 Å². The van der Waals surface area contributed by atoms with Gasteiger partial charge in [0.15, 0.2) is 0 Å². The Kier molecular flexibility index (Phi) is 3.67. The number of hydrogen-bond donors (Lipinski definition) is 2. The van der Waals surface area contributed by atoms with Crippen molar-refractivity contribution in [1.29, 1.82) is 0 Å². The van der Waals surface area contributed by atoms with E-state index in [1.807, 2.05) is 19.9 Å². The number of hydrogen-bond acceptors (Lipinski definition) is 2. The average Bonchev–Trinajstić information content (AvgIpc) is 2.14. The van der Waals surface area contributed by atoms with Crippen molar-refractivity contribution in [1.82, 2.24) is 5.32 Å². The number of nitrogens with two attached hydrogens (primary N) is 1. The minimum atomic E-state index is -0.150. The van der Waals surface area contributed by atoms with Gasteiger partial charge < -0.3 is 11.1 Å². The van der Waals surface area contributed by atoms with Crippen LogP contribution in [0.2, 0.25) is 0 Å². The molecule has 0 radical (unpaired) electrons. The van der Waals surface area contributed by atoms with Gasteiger partial charge >= 0.3 is 0 Å². The van der Waals surface area contributed by atoms with E-state index in [0.717, 1.165) is 6.54 Å². The summed E-state index contributed by atoms with van der Waals surface area (Å²) in [6.45, 7) is 7.03. The minimum Gasteiger partial charge on any atom is -0.324 e. The van der Waals surface area contributed by atoms with Crippen LogP contribution >= 0.6 is 0 Å². The van der Waals surface area contributed by atoms with Gasteiger partial charge in [-0.2, -0.15) is 0 Å². The van der Waals surface area contributed by atoms with E-state index in [1.165, 1.54) is 5.56 Å². The molecule has 1 rings (SSSR count). The molecule has 0 aliphatic heterocycles. The largest absolute Gasteiger partial charge is 0.324 e. The highest BCUT2D eigenvalue weighted by molar-refractivity contribution is 5.18. The quantitative estimate of drug-likeness (QED) is 0.766. The molecule has 14 heavy (non-hydrogen) atoms. The third-order valence-corrected chi connectivity index (χ3v) is 2.16. The smallest absolute Gasteiger partial charge is 0.0292 e. The fourth-order valence-electron chi connectivity index (χ4n) is 1.28. The first-order valence-electron chi connectivity index (χ1n) is 5.06. The van der Waals surface area contributed by atoms with Crippen molar-refractivity contribution in [3.8, 4) is 0 Å². The molecule has 3 N–H and O–H groups in total. The first kappa shape index (κ1) is 11.2. The molecular weight excluding hydrogens is 172 g/mol. The summed E-state index contributed by atoms with van der Waals surface area (Å²) in [4.78, 5) is 0. The van der Waals surface area contributed by atoms with Crippen molar-refractivity contribution in [2.45, 2.75) is 32.4 Å². The Labute approximate surface area is 86.5 Å². The SMILES string of the molecule is CC(NCC(C)(C)N)c1ccccc1. The molecule has 0 saturated carbocycles. The van der Waals surface area contributed by atoms with E-state index in [9.17, 15) is 0 Å². The highest BCUT2D eigenvalue weighted by Crippen LogP contribution is 2.11. The predicted octanol–water partition coefficient (Wildman–Crippen LogP) is 2.07. The monoisotopic (exact) mass is 192 g/mol. The van der Waals surface area contributed by atoms with Crippen molar-refractivity contribution in [3.05, 3.63) is 35.9 Å². The van der Waals surface area contributed by atoms with Gasteiger partial charge in [-0.25, -0.2) is 0 Å². The Morgan fingerprint density at radius 3 is 2.36 bits per heavy atom. The lowest BCUT2D eigenvalue weighted by Crippen LogP contribution is -2.43. The molecule has 78 valence electrons. The number of benzene rings is 1. The van der Waals surface area contributed by atoms with Gasteiger partial charge in [0.2, 0.25) is 0 Å². The zero-order valence-corrected chi connectivity index (χ0v) is 9.25. The van der Waals surface area contributed by atoms with E-state index in [2.05, 4.69) is 36.5 Å². The first-order valence-corrected chi connectivity index (χ1v) is 5.06. The van der Waals surface area contributed by atoms with Gasteiger partial charge in [-0.05, 0) is 26.3 Å². The van der Waals surface area contributed by atoms with Gasteiger partial charge in [0, 0.05) is 18.1 Å².